The predicted molar refractivity (Wildman–Crippen MR) is 57.9 cm³/mol. The summed E-state index contributed by atoms with van der Waals surface area (Å²) in [7, 11) is 0. The Morgan fingerprint density at radius 3 is 2.75 bits per heavy atom. The van der Waals surface area contributed by atoms with Gasteiger partial charge in [0.2, 0.25) is 0 Å². The van der Waals surface area contributed by atoms with Crippen molar-refractivity contribution in [1.82, 2.24) is 5.32 Å². The summed E-state index contributed by atoms with van der Waals surface area (Å²) < 4.78 is 28.6. The lowest BCUT2D eigenvalue weighted by molar-refractivity contribution is -0.0499. The van der Waals surface area contributed by atoms with Gasteiger partial charge in [0.1, 0.15) is 5.75 Å². The molecule has 1 aliphatic rings. The molecule has 0 bridgehead atoms. The Labute approximate surface area is 93.6 Å². The number of rotatable bonds is 2. The third-order valence-electron chi connectivity index (χ3n) is 3.01. The van der Waals surface area contributed by atoms with Gasteiger partial charge in [-0.25, -0.2) is 0 Å². The lowest BCUT2D eigenvalue weighted by Gasteiger charge is -2.29. The zero-order chi connectivity index (χ0) is 11.7. The van der Waals surface area contributed by atoms with Gasteiger partial charge < -0.3 is 10.1 Å². The molecule has 2 atom stereocenters. The molecule has 1 heterocycles. The van der Waals surface area contributed by atoms with Crippen LogP contribution in [0.4, 0.5) is 8.78 Å². The summed E-state index contributed by atoms with van der Waals surface area (Å²) in [6, 6.07) is 5.39. The molecule has 0 radical (unpaired) electrons. The Bertz CT molecular complexity index is 381. The van der Waals surface area contributed by atoms with Crippen LogP contribution in [0.5, 0.6) is 5.75 Å². The molecule has 0 amide bonds. The summed E-state index contributed by atoms with van der Waals surface area (Å²) in [6.07, 6.45) is 0. The van der Waals surface area contributed by atoms with E-state index < -0.39 is 6.61 Å². The highest BCUT2D eigenvalue weighted by atomic mass is 19.3. The molecule has 0 spiro atoms. The molecule has 0 saturated carbocycles. The zero-order valence-corrected chi connectivity index (χ0v) is 9.34. The van der Waals surface area contributed by atoms with E-state index in [2.05, 4.69) is 17.0 Å². The average molecular weight is 227 g/mol. The van der Waals surface area contributed by atoms with E-state index in [1.807, 2.05) is 13.0 Å². The molecule has 1 N–H and O–H groups in total. The van der Waals surface area contributed by atoms with Crippen molar-refractivity contribution >= 4 is 0 Å². The summed E-state index contributed by atoms with van der Waals surface area (Å²) in [5.41, 5.74) is 2.27. The van der Waals surface area contributed by atoms with Crippen molar-refractivity contribution < 1.29 is 13.5 Å². The number of halogens is 2. The summed E-state index contributed by atoms with van der Waals surface area (Å²) in [5.74, 6) is 0.642. The Hall–Kier alpha value is -1.16. The fourth-order valence-corrected chi connectivity index (χ4v) is 2.13. The first-order valence-electron chi connectivity index (χ1n) is 5.40. The van der Waals surface area contributed by atoms with Crippen molar-refractivity contribution in [2.75, 3.05) is 6.54 Å². The molecule has 88 valence electrons. The third kappa shape index (κ3) is 2.16. The number of benzene rings is 1. The SMILES string of the molecule is CC1CNC(C)c2cc(OC(F)F)ccc21. The van der Waals surface area contributed by atoms with E-state index in [-0.39, 0.29) is 11.8 Å². The summed E-state index contributed by atoms with van der Waals surface area (Å²) in [6.45, 7) is 2.30. The molecular formula is C12H15F2NO. The van der Waals surface area contributed by atoms with E-state index in [1.54, 1.807) is 12.1 Å². The van der Waals surface area contributed by atoms with E-state index in [0.29, 0.717) is 5.92 Å². The van der Waals surface area contributed by atoms with Gasteiger partial charge in [-0.3, -0.25) is 0 Å². The highest BCUT2D eigenvalue weighted by Gasteiger charge is 2.22. The van der Waals surface area contributed by atoms with Crippen molar-refractivity contribution in [3.63, 3.8) is 0 Å². The van der Waals surface area contributed by atoms with Crippen LogP contribution >= 0.6 is 0 Å². The van der Waals surface area contributed by atoms with Gasteiger partial charge in [-0.15, -0.1) is 0 Å². The molecule has 1 aliphatic heterocycles. The summed E-state index contributed by atoms with van der Waals surface area (Å²) in [4.78, 5) is 0. The van der Waals surface area contributed by atoms with Crippen LogP contribution in [0.15, 0.2) is 18.2 Å². The van der Waals surface area contributed by atoms with Crippen LogP contribution in [-0.2, 0) is 0 Å². The maximum atomic E-state index is 12.1. The largest absolute Gasteiger partial charge is 0.435 e. The number of nitrogens with one attached hydrogen (secondary N) is 1. The standard InChI is InChI=1S/C12H15F2NO/c1-7-6-15-8(2)11-5-9(16-12(13)14)3-4-10(7)11/h3-5,7-8,12,15H,6H2,1-2H3. The smallest absolute Gasteiger partial charge is 0.387 e. The molecule has 2 nitrogen and oxygen atoms in total. The molecule has 1 aromatic rings. The topological polar surface area (TPSA) is 21.3 Å². The van der Waals surface area contributed by atoms with Crippen LogP contribution in [0.25, 0.3) is 0 Å². The van der Waals surface area contributed by atoms with E-state index in [1.165, 1.54) is 5.56 Å². The normalized spacial score (nSPS) is 24.3. The second kappa shape index (κ2) is 4.37. The predicted octanol–water partition coefficient (Wildman–Crippen LogP) is 3.06. The Morgan fingerprint density at radius 2 is 2.06 bits per heavy atom. The summed E-state index contributed by atoms with van der Waals surface area (Å²) in [5, 5.41) is 3.33. The van der Waals surface area contributed by atoms with Gasteiger partial charge in [-0.1, -0.05) is 13.0 Å². The monoisotopic (exact) mass is 227 g/mol. The molecule has 0 aromatic heterocycles. The molecule has 4 heteroatoms. The average Bonchev–Trinajstić information content (AvgIpc) is 2.23. The number of hydrogen-bond acceptors (Lipinski definition) is 2. The third-order valence-corrected chi connectivity index (χ3v) is 3.01. The van der Waals surface area contributed by atoms with Gasteiger partial charge in [-0.2, -0.15) is 8.78 Å². The molecular weight excluding hydrogens is 212 g/mol. The minimum absolute atomic E-state index is 0.187. The molecule has 16 heavy (non-hydrogen) atoms. The molecule has 2 unspecified atom stereocenters. The van der Waals surface area contributed by atoms with Crippen LogP contribution < -0.4 is 10.1 Å². The van der Waals surface area contributed by atoms with E-state index in [4.69, 9.17) is 0 Å². The lowest BCUT2D eigenvalue weighted by atomic mass is 9.88. The van der Waals surface area contributed by atoms with Crippen molar-refractivity contribution in [3.05, 3.63) is 29.3 Å². The number of ether oxygens (including phenoxy) is 1. The van der Waals surface area contributed by atoms with Crippen LogP contribution in [0.3, 0.4) is 0 Å². The second-order valence-corrected chi connectivity index (χ2v) is 4.20. The highest BCUT2D eigenvalue weighted by molar-refractivity contribution is 5.41. The number of hydrogen-bond donors (Lipinski definition) is 1. The van der Waals surface area contributed by atoms with E-state index in [9.17, 15) is 8.78 Å². The zero-order valence-electron chi connectivity index (χ0n) is 9.34. The van der Waals surface area contributed by atoms with E-state index >= 15 is 0 Å². The van der Waals surface area contributed by atoms with Crippen molar-refractivity contribution in [2.45, 2.75) is 32.4 Å². The Kier molecular flexibility index (Phi) is 3.10. The quantitative estimate of drug-likeness (QED) is 0.838. The van der Waals surface area contributed by atoms with Crippen molar-refractivity contribution in [3.8, 4) is 5.75 Å². The maximum Gasteiger partial charge on any atom is 0.387 e. The first-order valence-corrected chi connectivity index (χ1v) is 5.40. The molecule has 0 saturated heterocycles. The van der Waals surface area contributed by atoms with Crippen LogP contribution in [0.1, 0.15) is 36.9 Å². The van der Waals surface area contributed by atoms with Crippen molar-refractivity contribution in [2.24, 2.45) is 0 Å². The molecule has 0 fully saturated rings. The van der Waals surface area contributed by atoms with Crippen LogP contribution in [-0.4, -0.2) is 13.2 Å². The van der Waals surface area contributed by atoms with Crippen LogP contribution in [0.2, 0.25) is 0 Å². The fraction of sp³-hybridized carbons (Fsp3) is 0.500. The minimum atomic E-state index is -2.76. The molecule has 0 aliphatic carbocycles. The molecule has 1 aromatic carbocycles. The first-order chi connectivity index (χ1) is 7.58. The van der Waals surface area contributed by atoms with E-state index in [0.717, 1.165) is 12.1 Å². The summed E-state index contributed by atoms with van der Waals surface area (Å²) >= 11 is 0. The van der Waals surface area contributed by atoms with Gasteiger partial charge >= 0.3 is 6.61 Å². The lowest BCUT2D eigenvalue weighted by Crippen LogP contribution is -2.30. The van der Waals surface area contributed by atoms with Gasteiger partial charge in [0, 0.05) is 12.6 Å². The van der Waals surface area contributed by atoms with Crippen molar-refractivity contribution in [1.29, 1.82) is 0 Å². The van der Waals surface area contributed by atoms with Gasteiger partial charge in [-0.05, 0) is 36.1 Å². The maximum absolute atomic E-state index is 12.1. The van der Waals surface area contributed by atoms with Gasteiger partial charge in [0.25, 0.3) is 0 Å². The van der Waals surface area contributed by atoms with Gasteiger partial charge in [0.05, 0.1) is 0 Å². The Balaban J connectivity index is 2.32. The van der Waals surface area contributed by atoms with Gasteiger partial charge in [0.15, 0.2) is 0 Å². The minimum Gasteiger partial charge on any atom is -0.435 e. The number of fused-ring (bicyclic) bond motifs is 1. The fourth-order valence-electron chi connectivity index (χ4n) is 2.13. The Morgan fingerprint density at radius 1 is 1.31 bits per heavy atom. The second-order valence-electron chi connectivity index (χ2n) is 4.20. The molecule has 2 rings (SSSR count). The van der Waals surface area contributed by atoms with Crippen LogP contribution in [0, 0.1) is 0 Å². The highest BCUT2D eigenvalue weighted by Crippen LogP contribution is 2.32. The first kappa shape index (κ1) is 11.3. The number of alkyl halides is 2.